The van der Waals surface area contributed by atoms with Gasteiger partial charge in [0, 0.05) is 21.4 Å². The molecule has 0 aliphatic rings. The molecule has 0 aliphatic carbocycles. The minimum absolute atomic E-state index is 0.0555. The van der Waals surface area contributed by atoms with Gasteiger partial charge in [-0.05, 0) is 71.1 Å². The Labute approximate surface area is 153 Å². The van der Waals surface area contributed by atoms with E-state index in [4.69, 9.17) is 10.5 Å². The minimum atomic E-state index is -0.436. The summed E-state index contributed by atoms with van der Waals surface area (Å²) >= 11 is 2.21. The number of nitrogens with two attached hydrogens (primary N) is 1. The van der Waals surface area contributed by atoms with Gasteiger partial charge in [0.1, 0.15) is 11.5 Å². The zero-order valence-corrected chi connectivity index (χ0v) is 14.8. The number of rotatable bonds is 3. The van der Waals surface area contributed by atoms with Gasteiger partial charge < -0.3 is 10.5 Å². The van der Waals surface area contributed by atoms with Gasteiger partial charge in [-0.3, -0.25) is 10.1 Å². The molecule has 0 aliphatic heterocycles. The predicted octanol–water partition coefficient (Wildman–Crippen LogP) is 5.26. The van der Waals surface area contributed by atoms with Gasteiger partial charge in [0.15, 0.2) is 0 Å². The molecule has 3 aromatic carbocycles. The third kappa shape index (κ3) is 5.88. The summed E-state index contributed by atoms with van der Waals surface area (Å²) < 4.78 is 6.67. The van der Waals surface area contributed by atoms with Crippen molar-refractivity contribution in [2.75, 3.05) is 5.73 Å². The van der Waals surface area contributed by atoms with Crippen LogP contribution in [0.5, 0.6) is 11.5 Å². The molecule has 122 valence electrons. The summed E-state index contributed by atoms with van der Waals surface area (Å²) in [4.78, 5) is 10.0. The number of benzene rings is 3. The molecule has 0 atom stereocenters. The quantitative estimate of drug-likeness (QED) is 0.264. The molecule has 0 aromatic heterocycles. The molecule has 3 rings (SSSR count). The van der Waals surface area contributed by atoms with E-state index in [1.807, 2.05) is 54.6 Å². The van der Waals surface area contributed by atoms with E-state index >= 15 is 0 Å². The number of anilines is 1. The van der Waals surface area contributed by atoms with E-state index in [0.29, 0.717) is 11.5 Å². The van der Waals surface area contributed by atoms with Gasteiger partial charge in [0.2, 0.25) is 0 Å². The smallest absolute Gasteiger partial charge is 0.269 e. The second-order valence-corrected chi connectivity index (χ2v) is 5.96. The topological polar surface area (TPSA) is 78.4 Å². The fourth-order valence-corrected chi connectivity index (χ4v) is 2.09. The van der Waals surface area contributed by atoms with Crippen molar-refractivity contribution in [3.63, 3.8) is 0 Å². The normalized spacial score (nSPS) is 9.54. The first-order valence-electron chi connectivity index (χ1n) is 7.03. The first kappa shape index (κ1) is 17.7. The molecule has 0 radical (unpaired) electrons. The van der Waals surface area contributed by atoms with Crippen molar-refractivity contribution in [1.29, 1.82) is 0 Å². The Bertz CT molecular complexity index is 776. The van der Waals surface area contributed by atoms with Crippen LogP contribution in [0, 0.1) is 13.7 Å². The average Bonchev–Trinajstić information content (AvgIpc) is 2.59. The van der Waals surface area contributed by atoms with Crippen LogP contribution in [0.3, 0.4) is 0 Å². The fourth-order valence-electron chi connectivity index (χ4n) is 1.73. The zero-order chi connectivity index (χ0) is 17.4. The summed E-state index contributed by atoms with van der Waals surface area (Å²) in [5, 5.41) is 10.5. The number of ether oxygens (including phenoxy) is 1. The Balaban J connectivity index is 0.000000249. The zero-order valence-electron chi connectivity index (χ0n) is 12.6. The van der Waals surface area contributed by atoms with Crippen molar-refractivity contribution < 1.29 is 9.66 Å². The van der Waals surface area contributed by atoms with E-state index in [-0.39, 0.29) is 5.69 Å². The van der Waals surface area contributed by atoms with Crippen molar-refractivity contribution in [3.8, 4) is 11.5 Å². The molecule has 2 N–H and O–H groups in total. The summed E-state index contributed by atoms with van der Waals surface area (Å²) in [7, 11) is 0. The maximum atomic E-state index is 10.5. The lowest BCUT2D eigenvalue weighted by Crippen LogP contribution is -1.88. The van der Waals surface area contributed by atoms with E-state index in [1.54, 1.807) is 12.1 Å². The molecule has 0 amide bonds. The van der Waals surface area contributed by atoms with Gasteiger partial charge in [-0.1, -0.05) is 18.2 Å². The largest absolute Gasteiger partial charge is 0.457 e. The highest BCUT2D eigenvalue weighted by Crippen LogP contribution is 2.24. The van der Waals surface area contributed by atoms with Crippen molar-refractivity contribution >= 4 is 34.0 Å². The maximum absolute atomic E-state index is 10.5. The molecule has 3 aromatic rings. The lowest BCUT2D eigenvalue weighted by atomic mass is 10.3. The molecule has 5 nitrogen and oxygen atoms in total. The van der Waals surface area contributed by atoms with Gasteiger partial charge in [0.25, 0.3) is 5.69 Å². The number of hydrogen-bond donors (Lipinski definition) is 1. The Morgan fingerprint density at radius 3 is 1.75 bits per heavy atom. The Morgan fingerprint density at radius 1 is 0.833 bits per heavy atom. The molecule has 24 heavy (non-hydrogen) atoms. The van der Waals surface area contributed by atoms with Crippen LogP contribution in [0.1, 0.15) is 0 Å². The molecule has 0 heterocycles. The fraction of sp³-hybridized carbons (Fsp3) is 0. The third-order valence-electron chi connectivity index (χ3n) is 2.90. The van der Waals surface area contributed by atoms with Crippen molar-refractivity contribution in [2.24, 2.45) is 0 Å². The van der Waals surface area contributed by atoms with Crippen molar-refractivity contribution in [3.05, 3.63) is 92.5 Å². The first-order valence-corrected chi connectivity index (χ1v) is 8.11. The molecule has 0 spiro atoms. The molecular weight excluding hydrogens is 419 g/mol. The van der Waals surface area contributed by atoms with Crippen LogP contribution in [0.15, 0.2) is 78.9 Å². The molecule has 6 heteroatoms. The van der Waals surface area contributed by atoms with Crippen LogP contribution in [0.4, 0.5) is 11.4 Å². The summed E-state index contributed by atoms with van der Waals surface area (Å²) in [5.41, 5.74) is 6.24. The van der Waals surface area contributed by atoms with Crippen LogP contribution < -0.4 is 10.5 Å². The van der Waals surface area contributed by atoms with Gasteiger partial charge in [0.05, 0.1) is 4.92 Å². The number of non-ortho nitro benzene ring substituents is 1. The number of nitrogens with zero attached hydrogens (tertiary/aromatic N) is 1. The average molecular weight is 434 g/mol. The van der Waals surface area contributed by atoms with E-state index in [2.05, 4.69) is 22.6 Å². The van der Waals surface area contributed by atoms with Gasteiger partial charge in [-0.25, -0.2) is 0 Å². The molecule has 0 saturated carbocycles. The molecule has 0 unspecified atom stereocenters. The molecular formula is C18H15IN2O3. The molecule has 0 saturated heterocycles. The lowest BCUT2D eigenvalue weighted by molar-refractivity contribution is -0.384. The number of nitrogen functional groups attached to an aromatic ring is 1. The Hall–Kier alpha value is -2.61. The second kappa shape index (κ2) is 8.88. The van der Waals surface area contributed by atoms with E-state index in [1.165, 1.54) is 12.1 Å². The van der Waals surface area contributed by atoms with Crippen molar-refractivity contribution in [2.45, 2.75) is 0 Å². The van der Waals surface area contributed by atoms with Gasteiger partial charge in [-0.2, -0.15) is 0 Å². The minimum Gasteiger partial charge on any atom is -0.457 e. The first-order chi connectivity index (χ1) is 11.5. The van der Waals surface area contributed by atoms with E-state index < -0.39 is 4.92 Å². The highest BCUT2D eigenvalue weighted by Gasteiger charge is 2.04. The van der Waals surface area contributed by atoms with Crippen molar-refractivity contribution in [1.82, 2.24) is 0 Å². The van der Waals surface area contributed by atoms with Crippen LogP contribution >= 0.6 is 22.6 Å². The molecule has 0 fully saturated rings. The van der Waals surface area contributed by atoms with Gasteiger partial charge >= 0.3 is 0 Å². The number of nitro benzene ring substituents is 1. The summed E-state index contributed by atoms with van der Waals surface area (Å²) in [6.45, 7) is 0. The summed E-state index contributed by atoms with van der Waals surface area (Å²) in [6, 6.07) is 23.0. The Kier molecular flexibility index (Phi) is 6.56. The highest BCUT2D eigenvalue weighted by atomic mass is 127. The van der Waals surface area contributed by atoms with Gasteiger partial charge in [-0.15, -0.1) is 0 Å². The number of halogens is 1. The predicted molar refractivity (Wildman–Crippen MR) is 103 cm³/mol. The SMILES string of the molecule is Nc1ccccc1.O=[N+]([O-])c1ccc(Oc2ccc(I)cc2)cc1. The summed E-state index contributed by atoms with van der Waals surface area (Å²) in [6.07, 6.45) is 0. The number of nitro groups is 1. The molecule has 0 bridgehead atoms. The highest BCUT2D eigenvalue weighted by molar-refractivity contribution is 14.1. The number of para-hydroxylation sites is 1. The van der Waals surface area contributed by atoms with Crippen LogP contribution in [0.2, 0.25) is 0 Å². The summed E-state index contributed by atoms with van der Waals surface area (Å²) in [5.74, 6) is 1.29. The van der Waals surface area contributed by atoms with Crippen LogP contribution in [-0.2, 0) is 0 Å². The third-order valence-corrected chi connectivity index (χ3v) is 3.62. The monoisotopic (exact) mass is 434 g/mol. The lowest BCUT2D eigenvalue weighted by Gasteiger charge is -2.04. The van der Waals surface area contributed by atoms with E-state index in [0.717, 1.165) is 9.26 Å². The van der Waals surface area contributed by atoms with Crippen LogP contribution in [0.25, 0.3) is 0 Å². The number of hydrogen-bond acceptors (Lipinski definition) is 4. The standard InChI is InChI=1S/C12H8INO3.C6H7N/c13-9-1-5-11(6-2-9)17-12-7-3-10(4-8-12)14(15)16;7-6-4-2-1-3-5-6/h1-8H;1-5H,7H2. The second-order valence-electron chi connectivity index (χ2n) is 4.72. The maximum Gasteiger partial charge on any atom is 0.269 e. The van der Waals surface area contributed by atoms with E-state index in [9.17, 15) is 10.1 Å². The Morgan fingerprint density at radius 2 is 1.33 bits per heavy atom. The van der Waals surface area contributed by atoms with Crippen LogP contribution in [-0.4, -0.2) is 4.92 Å².